The standard InChI is InChI=1S/C19H34O2Si2/c1-19(2,3)23(6,7)21-16-14-18(13-15-20)22(4,5)17-11-9-8-10-12-17/h8-13,20H,14-16H2,1-7H3/b18-13+. The van der Waals surface area contributed by atoms with Crippen molar-refractivity contribution in [2.75, 3.05) is 13.2 Å². The van der Waals surface area contributed by atoms with Crippen molar-refractivity contribution >= 4 is 21.6 Å². The normalized spacial score (nSPS) is 14.2. The average molecular weight is 351 g/mol. The first-order valence-electron chi connectivity index (χ1n) is 8.52. The molecule has 0 aromatic heterocycles. The minimum Gasteiger partial charge on any atom is -0.417 e. The van der Waals surface area contributed by atoms with Crippen LogP contribution in [0.1, 0.15) is 27.2 Å². The van der Waals surface area contributed by atoms with Gasteiger partial charge in [0.15, 0.2) is 8.32 Å². The van der Waals surface area contributed by atoms with Crippen molar-refractivity contribution in [2.24, 2.45) is 0 Å². The van der Waals surface area contributed by atoms with Gasteiger partial charge in [-0.3, -0.25) is 0 Å². The van der Waals surface area contributed by atoms with E-state index in [-0.39, 0.29) is 11.6 Å². The topological polar surface area (TPSA) is 29.5 Å². The summed E-state index contributed by atoms with van der Waals surface area (Å²) in [6.45, 7) is 17.0. The predicted octanol–water partition coefficient (Wildman–Crippen LogP) is 4.47. The summed E-state index contributed by atoms with van der Waals surface area (Å²) in [6.07, 6.45) is 2.93. The second-order valence-corrected chi connectivity index (χ2v) is 17.5. The Balaban J connectivity index is 2.84. The molecule has 0 aliphatic rings. The lowest BCUT2D eigenvalue weighted by Gasteiger charge is -2.37. The number of hydrogen-bond donors (Lipinski definition) is 1. The van der Waals surface area contributed by atoms with Gasteiger partial charge in [0.05, 0.1) is 6.61 Å². The van der Waals surface area contributed by atoms with E-state index in [4.69, 9.17) is 4.43 Å². The van der Waals surface area contributed by atoms with Gasteiger partial charge < -0.3 is 9.53 Å². The Hall–Kier alpha value is -0.686. The molecule has 0 aliphatic carbocycles. The first-order chi connectivity index (χ1) is 10.5. The fraction of sp³-hybridized carbons (Fsp3) is 0.579. The highest BCUT2D eigenvalue weighted by Crippen LogP contribution is 2.36. The molecule has 1 aromatic rings. The van der Waals surface area contributed by atoms with Crippen LogP contribution in [0.5, 0.6) is 0 Å². The van der Waals surface area contributed by atoms with Gasteiger partial charge in [0.25, 0.3) is 0 Å². The highest BCUT2D eigenvalue weighted by atomic mass is 28.4. The van der Waals surface area contributed by atoms with E-state index in [2.05, 4.69) is 77.3 Å². The maximum absolute atomic E-state index is 9.45. The van der Waals surface area contributed by atoms with Gasteiger partial charge in [0.1, 0.15) is 8.07 Å². The summed E-state index contributed by atoms with van der Waals surface area (Å²) in [5.74, 6) is 0. The van der Waals surface area contributed by atoms with Crippen LogP contribution in [0.4, 0.5) is 0 Å². The van der Waals surface area contributed by atoms with E-state index in [0.717, 1.165) is 13.0 Å². The number of aliphatic hydroxyl groups excluding tert-OH is 1. The van der Waals surface area contributed by atoms with Crippen molar-refractivity contribution < 1.29 is 9.53 Å². The zero-order valence-corrected chi connectivity index (χ0v) is 17.9. The van der Waals surface area contributed by atoms with Crippen molar-refractivity contribution in [2.45, 2.75) is 58.4 Å². The predicted molar refractivity (Wildman–Crippen MR) is 106 cm³/mol. The van der Waals surface area contributed by atoms with Gasteiger partial charge in [-0.05, 0) is 24.6 Å². The number of aliphatic hydroxyl groups is 1. The maximum atomic E-state index is 9.45. The van der Waals surface area contributed by atoms with E-state index >= 15 is 0 Å². The van der Waals surface area contributed by atoms with Crippen molar-refractivity contribution in [3.05, 3.63) is 41.6 Å². The van der Waals surface area contributed by atoms with Gasteiger partial charge in [-0.1, -0.05) is 80.7 Å². The molecule has 0 fully saturated rings. The van der Waals surface area contributed by atoms with E-state index < -0.39 is 16.4 Å². The van der Waals surface area contributed by atoms with Crippen LogP contribution in [-0.2, 0) is 4.43 Å². The Morgan fingerprint density at radius 2 is 1.65 bits per heavy atom. The van der Waals surface area contributed by atoms with E-state index in [9.17, 15) is 5.11 Å². The zero-order chi connectivity index (χ0) is 17.7. The third-order valence-electron chi connectivity index (χ3n) is 5.28. The molecule has 0 bridgehead atoms. The van der Waals surface area contributed by atoms with Gasteiger partial charge in [-0.25, -0.2) is 0 Å². The van der Waals surface area contributed by atoms with Crippen LogP contribution in [0, 0.1) is 0 Å². The molecule has 0 radical (unpaired) electrons. The van der Waals surface area contributed by atoms with Crippen molar-refractivity contribution in [1.29, 1.82) is 0 Å². The zero-order valence-electron chi connectivity index (χ0n) is 15.9. The van der Waals surface area contributed by atoms with Crippen LogP contribution < -0.4 is 5.19 Å². The third-order valence-corrected chi connectivity index (χ3v) is 13.7. The smallest absolute Gasteiger partial charge is 0.191 e. The lowest BCUT2D eigenvalue weighted by atomic mass is 10.2. The Morgan fingerprint density at radius 1 is 1.09 bits per heavy atom. The summed E-state index contributed by atoms with van der Waals surface area (Å²) in [5.41, 5.74) is 0. The molecular weight excluding hydrogens is 316 g/mol. The second kappa shape index (κ2) is 7.92. The number of benzene rings is 1. The molecule has 0 saturated carbocycles. The van der Waals surface area contributed by atoms with Gasteiger partial charge in [0.2, 0.25) is 0 Å². The van der Waals surface area contributed by atoms with Crippen LogP contribution in [0.2, 0.25) is 31.2 Å². The van der Waals surface area contributed by atoms with E-state index in [1.165, 1.54) is 10.4 Å². The molecule has 1 aromatic carbocycles. The summed E-state index contributed by atoms with van der Waals surface area (Å²) < 4.78 is 6.34. The summed E-state index contributed by atoms with van der Waals surface area (Å²) in [5, 5.41) is 12.5. The van der Waals surface area contributed by atoms with Gasteiger partial charge in [0, 0.05) is 6.61 Å². The van der Waals surface area contributed by atoms with E-state index in [1.54, 1.807) is 0 Å². The molecule has 0 spiro atoms. The number of rotatable bonds is 7. The lowest BCUT2D eigenvalue weighted by Crippen LogP contribution is -2.45. The molecule has 1 N–H and O–H groups in total. The van der Waals surface area contributed by atoms with Crippen LogP contribution >= 0.6 is 0 Å². The molecule has 23 heavy (non-hydrogen) atoms. The van der Waals surface area contributed by atoms with Crippen molar-refractivity contribution in [1.82, 2.24) is 0 Å². The Morgan fingerprint density at radius 3 is 2.13 bits per heavy atom. The molecule has 2 nitrogen and oxygen atoms in total. The Kier molecular flexibility index (Phi) is 7.01. The molecular formula is C19H34O2Si2. The summed E-state index contributed by atoms with van der Waals surface area (Å²) in [4.78, 5) is 0. The monoisotopic (exact) mass is 350 g/mol. The summed E-state index contributed by atoms with van der Waals surface area (Å²) in [7, 11) is -3.44. The Labute approximate surface area is 144 Å². The quantitative estimate of drug-likeness (QED) is 0.735. The largest absolute Gasteiger partial charge is 0.417 e. The molecule has 0 heterocycles. The number of hydrogen-bond acceptors (Lipinski definition) is 2. The average Bonchev–Trinajstić information content (AvgIpc) is 2.46. The lowest BCUT2D eigenvalue weighted by molar-refractivity contribution is 0.292. The minimum atomic E-state index is -1.74. The molecule has 1 rings (SSSR count). The Bertz CT molecular complexity index is 514. The molecule has 4 heteroatoms. The maximum Gasteiger partial charge on any atom is 0.191 e. The second-order valence-electron chi connectivity index (χ2n) is 8.26. The molecule has 0 amide bonds. The van der Waals surface area contributed by atoms with Crippen LogP contribution in [0.15, 0.2) is 41.6 Å². The van der Waals surface area contributed by atoms with Gasteiger partial charge >= 0.3 is 0 Å². The summed E-state index contributed by atoms with van der Waals surface area (Å²) in [6, 6.07) is 10.7. The minimum absolute atomic E-state index is 0.110. The fourth-order valence-electron chi connectivity index (χ4n) is 2.45. The molecule has 0 unspecified atom stereocenters. The SMILES string of the molecule is CC(C)(C)[Si](C)(C)OCC/C(=C\CO)[Si](C)(C)c1ccccc1. The molecule has 130 valence electrons. The van der Waals surface area contributed by atoms with E-state index in [0.29, 0.717) is 0 Å². The highest BCUT2D eigenvalue weighted by molar-refractivity contribution is 6.95. The molecule has 0 aliphatic heterocycles. The van der Waals surface area contributed by atoms with Gasteiger partial charge in [-0.15, -0.1) is 0 Å². The first-order valence-corrected chi connectivity index (χ1v) is 14.4. The summed E-state index contributed by atoms with van der Waals surface area (Å²) >= 11 is 0. The van der Waals surface area contributed by atoms with Crippen molar-refractivity contribution in [3.8, 4) is 0 Å². The van der Waals surface area contributed by atoms with Crippen LogP contribution in [0.25, 0.3) is 0 Å². The van der Waals surface area contributed by atoms with Gasteiger partial charge in [-0.2, -0.15) is 0 Å². The highest BCUT2D eigenvalue weighted by Gasteiger charge is 2.37. The molecule has 0 atom stereocenters. The van der Waals surface area contributed by atoms with Crippen molar-refractivity contribution in [3.63, 3.8) is 0 Å². The van der Waals surface area contributed by atoms with Crippen LogP contribution in [-0.4, -0.2) is 34.7 Å². The fourth-order valence-corrected chi connectivity index (χ4v) is 6.22. The first kappa shape index (κ1) is 20.4. The third kappa shape index (κ3) is 5.42. The molecule has 0 saturated heterocycles. The van der Waals surface area contributed by atoms with E-state index in [1.807, 2.05) is 6.08 Å². The van der Waals surface area contributed by atoms with Crippen LogP contribution in [0.3, 0.4) is 0 Å².